The molecule has 0 bridgehead atoms. The molecule has 0 heterocycles. The molecule has 3 aromatic carbocycles. The highest BCUT2D eigenvalue weighted by Crippen LogP contribution is 2.18. The molecule has 0 fully saturated rings. The predicted octanol–water partition coefficient (Wildman–Crippen LogP) is 5.56. The Morgan fingerprint density at radius 3 is 2.28 bits per heavy atom. The highest BCUT2D eigenvalue weighted by atomic mass is 35.5. The number of halogens is 2. The Kier molecular flexibility index (Phi) is 7.87. The number of ether oxygens (including phenoxy) is 1. The Labute approximate surface area is 195 Å². The number of carbonyl (C=O) groups excluding carboxylic acids is 2. The van der Waals surface area contributed by atoms with Crippen molar-refractivity contribution in [1.82, 2.24) is 0 Å². The summed E-state index contributed by atoms with van der Waals surface area (Å²) >= 11 is 11.7. The van der Waals surface area contributed by atoms with Gasteiger partial charge in [-0.25, -0.2) is 0 Å². The largest absolute Gasteiger partial charge is 0.484 e. The average Bonchev–Trinajstić information content (AvgIpc) is 2.78. The van der Waals surface area contributed by atoms with Crippen LogP contribution in [-0.2, 0) is 9.59 Å². The van der Waals surface area contributed by atoms with Crippen LogP contribution in [0.3, 0.4) is 0 Å². The molecular formula is C24H17Cl2N3O3. The molecule has 6 nitrogen and oxygen atoms in total. The average molecular weight is 466 g/mol. The van der Waals surface area contributed by atoms with Crippen LogP contribution >= 0.6 is 23.2 Å². The molecule has 2 amide bonds. The Morgan fingerprint density at radius 1 is 0.906 bits per heavy atom. The summed E-state index contributed by atoms with van der Waals surface area (Å²) in [6.07, 6.45) is 1.46. The topological polar surface area (TPSA) is 91.2 Å². The minimum Gasteiger partial charge on any atom is -0.484 e. The third-order valence-electron chi connectivity index (χ3n) is 4.14. The lowest BCUT2D eigenvalue weighted by Crippen LogP contribution is -2.20. The van der Waals surface area contributed by atoms with Crippen LogP contribution in [0, 0.1) is 11.3 Å². The number of carbonyl (C=O) groups is 2. The molecule has 0 unspecified atom stereocenters. The van der Waals surface area contributed by atoms with Crippen molar-refractivity contribution >= 4 is 52.5 Å². The molecule has 0 radical (unpaired) electrons. The molecular weight excluding hydrogens is 449 g/mol. The lowest BCUT2D eigenvalue weighted by Gasteiger charge is -2.08. The Morgan fingerprint density at radius 2 is 1.62 bits per heavy atom. The minimum atomic E-state index is -0.547. The first-order valence-corrected chi connectivity index (χ1v) is 10.2. The molecule has 160 valence electrons. The van der Waals surface area contributed by atoms with E-state index in [2.05, 4.69) is 10.6 Å². The first kappa shape index (κ1) is 22.9. The van der Waals surface area contributed by atoms with Crippen LogP contribution in [0.2, 0.25) is 10.0 Å². The van der Waals surface area contributed by atoms with E-state index in [1.807, 2.05) is 6.07 Å². The van der Waals surface area contributed by atoms with E-state index in [0.29, 0.717) is 32.7 Å². The van der Waals surface area contributed by atoms with Crippen molar-refractivity contribution in [3.63, 3.8) is 0 Å². The monoisotopic (exact) mass is 465 g/mol. The second-order valence-electron chi connectivity index (χ2n) is 6.55. The predicted molar refractivity (Wildman–Crippen MR) is 126 cm³/mol. The summed E-state index contributed by atoms with van der Waals surface area (Å²) in [6.45, 7) is -0.177. The number of hydrogen-bond donors (Lipinski definition) is 2. The Hall–Kier alpha value is -3.79. The van der Waals surface area contributed by atoms with Gasteiger partial charge in [0, 0.05) is 21.4 Å². The van der Waals surface area contributed by atoms with Gasteiger partial charge in [-0.2, -0.15) is 5.26 Å². The number of nitriles is 1. The molecule has 32 heavy (non-hydrogen) atoms. The summed E-state index contributed by atoms with van der Waals surface area (Å²) in [5.74, 6) is -0.398. The second kappa shape index (κ2) is 11.0. The van der Waals surface area contributed by atoms with Gasteiger partial charge in [0.05, 0.1) is 0 Å². The number of nitrogens with one attached hydrogen (secondary N) is 2. The standard InChI is InChI=1S/C24H17Cl2N3O3/c25-18-6-8-20(9-7-18)28-23(30)15-32-22-10-4-16(5-11-22)12-17(14-27)24(31)29-21-3-1-2-19(26)13-21/h1-13H,15H2,(H,28,30)(H,29,31)/b17-12+. The van der Waals surface area contributed by atoms with Gasteiger partial charge in [0.15, 0.2) is 6.61 Å². The third kappa shape index (κ3) is 6.88. The lowest BCUT2D eigenvalue weighted by atomic mass is 10.1. The normalized spacial score (nSPS) is 10.7. The molecule has 2 N–H and O–H groups in total. The van der Waals surface area contributed by atoms with Crippen molar-refractivity contribution in [2.45, 2.75) is 0 Å². The Balaban J connectivity index is 1.57. The highest BCUT2D eigenvalue weighted by molar-refractivity contribution is 6.31. The van der Waals surface area contributed by atoms with Crippen molar-refractivity contribution in [3.8, 4) is 11.8 Å². The summed E-state index contributed by atoms with van der Waals surface area (Å²) in [5.41, 5.74) is 1.66. The Bertz CT molecular complexity index is 1180. The zero-order chi connectivity index (χ0) is 22.9. The van der Waals surface area contributed by atoms with Crippen molar-refractivity contribution < 1.29 is 14.3 Å². The maximum Gasteiger partial charge on any atom is 0.266 e. The van der Waals surface area contributed by atoms with Gasteiger partial charge in [-0.1, -0.05) is 41.4 Å². The van der Waals surface area contributed by atoms with E-state index in [9.17, 15) is 14.9 Å². The molecule has 3 aromatic rings. The zero-order valence-corrected chi connectivity index (χ0v) is 18.2. The second-order valence-corrected chi connectivity index (χ2v) is 7.42. The molecule has 0 aromatic heterocycles. The van der Waals surface area contributed by atoms with Crippen molar-refractivity contribution in [2.75, 3.05) is 17.2 Å². The molecule has 0 atom stereocenters. The van der Waals surface area contributed by atoms with Crippen LogP contribution in [0.15, 0.2) is 78.4 Å². The summed E-state index contributed by atoms with van der Waals surface area (Å²) in [7, 11) is 0. The molecule has 0 aliphatic carbocycles. The number of rotatable bonds is 7. The molecule has 0 aliphatic heterocycles. The van der Waals surface area contributed by atoms with E-state index in [-0.39, 0.29) is 18.1 Å². The first-order valence-electron chi connectivity index (χ1n) is 9.40. The fraction of sp³-hybridized carbons (Fsp3) is 0.0417. The van der Waals surface area contributed by atoms with Gasteiger partial charge in [0.25, 0.3) is 11.8 Å². The molecule has 0 saturated carbocycles. The molecule has 0 spiro atoms. The first-order chi connectivity index (χ1) is 15.4. The number of nitrogens with zero attached hydrogens (tertiary/aromatic N) is 1. The van der Waals surface area contributed by atoms with E-state index in [4.69, 9.17) is 27.9 Å². The summed E-state index contributed by atoms with van der Waals surface area (Å²) < 4.78 is 5.47. The van der Waals surface area contributed by atoms with Crippen LogP contribution in [0.5, 0.6) is 5.75 Å². The summed E-state index contributed by atoms with van der Waals surface area (Å²) in [4.78, 5) is 24.4. The molecule has 0 aliphatic rings. The van der Waals surface area contributed by atoms with Crippen molar-refractivity contribution in [1.29, 1.82) is 5.26 Å². The van der Waals surface area contributed by atoms with Crippen molar-refractivity contribution in [3.05, 3.63) is 94.0 Å². The van der Waals surface area contributed by atoms with Crippen LogP contribution in [0.25, 0.3) is 6.08 Å². The van der Waals surface area contributed by atoms with E-state index >= 15 is 0 Å². The van der Waals surface area contributed by atoms with E-state index < -0.39 is 5.91 Å². The minimum absolute atomic E-state index is 0.0685. The highest BCUT2D eigenvalue weighted by Gasteiger charge is 2.10. The van der Waals surface area contributed by atoms with Crippen molar-refractivity contribution in [2.24, 2.45) is 0 Å². The van der Waals surface area contributed by atoms with Gasteiger partial charge in [0.1, 0.15) is 17.4 Å². The van der Waals surface area contributed by atoms with Gasteiger partial charge in [-0.15, -0.1) is 0 Å². The van der Waals surface area contributed by atoms with Gasteiger partial charge in [0.2, 0.25) is 0 Å². The number of benzene rings is 3. The number of anilines is 2. The zero-order valence-electron chi connectivity index (χ0n) is 16.6. The van der Waals surface area contributed by atoms with E-state index in [0.717, 1.165) is 0 Å². The van der Waals surface area contributed by atoms with Crippen LogP contribution in [0.1, 0.15) is 5.56 Å². The fourth-order valence-corrected chi connectivity index (χ4v) is 2.94. The summed E-state index contributed by atoms with van der Waals surface area (Å²) in [5, 5.41) is 15.7. The van der Waals surface area contributed by atoms with Crippen LogP contribution < -0.4 is 15.4 Å². The molecule has 8 heteroatoms. The fourth-order valence-electron chi connectivity index (χ4n) is 2.62. The smallest absolute Gasteiger partial charge is 0.266 e. The maximum atomic E-state index is 12.4. The number of hydrogen-bond acceptors (Lipinski definition) is 4. The SMILES string of the molecule is N#C/C(=C\c1ccc(OCC(=O)Nc2ccc(Cl)cc2)cc1)C(=O)Nc1cccc(Cl)c1. The van der Waals surface area contributed by atoms with Gasteiger partial charge in [-0.3, -0.25) is 9.59 Å². The van der Waals surface area contributed by atoms with E-state index in [1.165, 1.54) is 6.08 Å². The van der Waals surface area contributed by atoms with Gasteiger partial charge >= 0.3 is 0 Å². The number of amides is 2. The van der Waals surface area contributed by atoms with Crippen LogP contribution in [0.4, 0.5) is 11.4 Å². The summed E-state index contributed by atoms with van der Waals surface area (Å²) in [6, 6.07) is 21.9. The van der Waals surface area contributed by atoms with E-state index in [1.54, 1.807) is 72.8 Å². The van der Waals surface area contributed by atoms with Gasteiger partial charge < -0.3 is 15.4 Å². The molecule has 0 saturated heterocycles. The van der Waals surface area contributed by atoms with Crippen LogP contribution in [-0.4, -0.2) is 18.4 Å². The maximum absolute atomic E-state index is 12.4. The molecule has 3 rings (SSSR count). The third-order valence-corrected chi connectivity index (χ3v) is 4.62. The quantitative estimate of drug-likeness (QED) is 0.353. The lowest BCUT2D eigenvalue weighted by molar-refractivity contribution is -0.118. The van der Waals surface area contributed by atoms with Gasteiger partial charge in [-0.05, 0) is 66.2 Å².